The highest BCUT2D eigenvalue weighted by Crippen LogP contribution is 2.31. The lowest BCUT2D eigenvalue weighted by atomic mass is 9.90. The number of alkyl halides is 3. The fourth-order valence-electron chi connectivity index (χ4n) is 1.69. The Morgan fingerprint density at radius 1 is 1.17 bits per heavy atom. The lowest BCUT2D eigenvalue weighted by molar-refractivity contribution is -0.159. The van der Waals surface area contributed by atoms with Crippen LogP contribution in [-0.2, 0) is 9.53 Å². The number of hydrogen-bond acceptors (Lipinski definition) is 2. The van der Waals surface area contributed by atoms with Crippen LogP contribution >= 0.6 is 0 Å². The highest BCUT2D eigenvalue weighted by molar-refractivity contribution is 5.87. The molecule has 0 aliphatic rings. The Kier molecular flexibility index (Phi) is 6.43. The SMILES string of the molecule is C=C(C)C(=O)OC(CC)(CC)CCCC(F)(F)F. The van der Waals surface area contributed by atoms with Crippen LogP contribution in [0.1, 0.15) is 52.9 Å². The van der Waals surface area contributed by atoms with Crippen molar-refractivity contribution in [1.82, 2.24) is 0 Å². The zero-order chi connectivity index (χ0) is 14.4. The number of rotatable bonds is 7. The third-order valence-electron chi connectivity index (χ3n) is 3.04. The Morgan fingerprint density at radius 3 is 2.00 bits per heavy atom. The van der Waals surface area contributed by atoms with Crippen LogP contribution in [0.4, 0.5) is 13.2 Å². The third-order valence-corrected chi connectivity index (χ3v) is 3.04. The summed E-state index contributed by atoms with van der Waals surface area (Å²) in [5.41, 5.74) is -0.543. The van der Waals surface area contributed by atoms with Crippen molar-refractivity contribution in [3.8, 4) is 0 Å². The van der Waals surface area contributed by atoms with E-state index in [4.69, 9.17) is 4.74 Å². The van der Waals surface area contributed by atoms with E-state index in [-0.39, 0.29) is 18.4 Å². The van der Waals surface area contributed by atoms with Gasteiger partial charge in [-0.25, -0.2) is 4.79 Å². The smallest absolute Gasteiger partial charge is 0.389 e. The molecule has 5 heteroatoms. The predicted molar refractivity (Wildman–Crippen MR) is 64.1 cm³/mol. The molecule has 0 aromatic carbocycles. The lowest BCUT2D eigenvalue weighted by Crippen LogP contribution is -2.34. The standard InChI is InChI=1S/C13H21F3O2/c1-5-12(6-2,18-11(17)10(3)4)8-7-9-13(14,15)16/h3,5-9H2,1-2,4H3. The van der Waals surface area contributed by atoms with Crippen LogP contribution in [0.2, 0.25) is 0 Å². The molecule has 106 valence electrons. The molecule has 0 heterocycles. The molecule has 0 fully saturated rings. The Morgan fingerprint density at radius 2 is 1.67 bits per heavy atom. The Balaban J connectivity index is 4.52. The van der Waals surface area contributed by atoms with Gasteiger partial charge in [-0.3, -0.25) is 0 Å². The highest BCUT2D eigenvalue weighted by atomic mass is 19.4. The summed E-state index contributed by atoms with van der Waals surface area (Å²) >= 11 is 0. The maximum Gasteiger partial charge on any atom is 0.389 e. The van der Waals surface area contributed by atoms with Crippen LogP contribution in [0.15, 0.2) is 12.2 Å². The number of esters is 1. The zero-order valence-corrected chi connectivity index (χ0v) is 11.2. The molecular weight excluding hydrogens is 245 g/mol. The largest absolute Gasteiger partial charge is 0.456 e. The van der Waals surface area contributed by atoms with Crippen molar-refractivity contribution < 1.29 is 22.7 Å². The minimum absolute atomic E-state index is 0.0331. The molecule has 0 aliphatic heterocycles. The first-order valence-electron chi connectivity index (χ1n) is 6.11. The molecule has 18 heavy (non-hydrogen) atoms. The molecule has 0 unspecified atom stereocenters. The van der Waals surface area contributed by atoms with Crippen molar-refractivity contribution in [2.75, 3.05) is 0 Å². The minimum Gasteiger partial charge on any atom is -0.456 e. The van der Waals surface area contributed by atoms with Crippen LogP contribution in [0.3, 0.4) is 0 Å². The van der Waals surface area contributed by atoms with E-state index in [9.17, 15) is 18.0 Å². The first kappa shape index (κ1) is 17.0. The average molecular weight is 266 g/mol. The second kappa shape index (κ2) is 6.81. The van der Waals surface area contributed by atoms with Crippen LogP contribution < -0.4 is 0 Å². The van der Waals surface area contributed by atoms with Gasteiger partial charge in [0.25, 0.3) is 0 Å². The van der Waals surface area contributed by atoms with Gasteiger partial charge in [-0.15, -0.1) is 0 Å². The Labute approximate surface area is 106 Å². The van der Waals surface area contributed by atoms with E-state index in [1.54, 1.807) is 0 Å². The van der Waals surface area contributed by atoms with Crippen LogP contribution in [0.5, 0.6) is 0 Å². The second-order valence-electron chi connectivity index (χ2n) is 4.53. The van der Waals surface area contributed by atoms with Crippen molar-refractivity contribution in [2.45, 2.75) is 64.7 Å². The summed E-state index contributed by atoms with van der Waals surface area (Å²) in [6.07, 6.45) is -3.82. The molecule has 0 saturated carbocycles. The number of halogens is 3. The molecule has 0 N–H and O–H groups in total. The van der Waals surface area contributed by atoms with Gasteiger partial charge in [-0.05, 0) is 32.6 Å². The van der Waals surface area contributed by atoms with Crippen molar-refractivity contribution in [3.63, 3.8) is 0 Å². The van der Waals surface area contributed by atoms with Gasteiger partial charge in [-0.2, -0.15) is 13.2 Å². The second-order valence-corrected chi connectivity index (χ2v) is 4.53. The van der Waals surface area contributed by atoms with E-state index in [1.807, 2.05) is 13.8 Å². The zero-order valence-electron chi connectivity index (χ0n) is 11.2. The monoisotopic (exact) mass is 266 g/mol. The summed E-state index contributed by atoms with van der Waals surface area (Å²) in [4.78, 5) is 11.5. The Bertz CT molecular complexity index is 291. The number of carbonyl (C=O) groups excluding carboxylic acids is 1. The van der Waals surface area contributed by atoms with Crippen LogP contribution in [0.25, 0.3) is 0 Å². The summed E-state index contributed by atoms with van der Waals surface area (Å²) in [5, 5.41) is 0. The molecule has 0 bridgehead atoms. The van der Waals surface area contributed by atoms with Crippen LogP contribution in [-0.4, -0.2) is 17.7 Å². The van der Waals surface area contributed by atoms with Gasteiger partial charge >= 0.3 is 12.1 Å². The van der Waals surface area contributed by atoms with Gasteiger partial charge in [-0.1, -0.05) is 20.4 Å². The van der Waals surface area contributed by atoms with Crippen molar-refractivity contribution >= 4 is 5.97 Å². The van der Waals surface area contributed by atoms with E-state index in [0.717, 1.165) is 0 Å². The molecule has 0 radical (unpaired) electrons. The summed E-state index contributed by atoms with van der Waals surface area (Å²) in [6, 6.07) is 0. The average Bonchev–Trinajstić information content (AvgIpc) is 2.25. The van der Waals surface area contributed by atoms with E-state index in [1.165, 1.54) is 6.92 Å². The summed E-state index contributed by atoms with van der Waals surface area (Å²) in [7, 11) is 0. The van der Waals surface area contributed by atoms with E-state index in [0.29, 0.717) is 12.8 Å². The lowest BCUT2D eigenvalue weighted by Gasteiger charge is -2.32. The quantitative estimate of drug-likeness (QED) is 0.504. The van der Waals surface area contributed by atoms with Crippen molar-refractivity contribution in [3.05, 3.63) is 12.2 Å². The normalized spacial score (nSPS) is 12.3. The van der Waals surface area contributed by atoms with Gasteiger partial charge in [0.1, 0.15) is 5.60 Å². The topological polar surface area (TPSA) is 26.3 Å². The summed E-state index contributed by atoms with van der Waals surface area (Å²) < 4.78 is 41.6. The van der Waals surface area contributed by atoms with E-state index in [2.05, 4.69) is 6.58 Å². The number of hydrogen-bond donors (Lipinski definition) is 0. The van der Waals surface area contributed by atoms with Crippen molar-refractivity contribution in [1.29, 1.82) is 0 Å². The van der Waals surface area contributed by atoms with Gasteiger partial charge < -0.3 is 4.74 Å². The predicted octanol–water partition coefficient (Wildman–Crippen LogP) is 4.40. The minimum atomic E-state index is -4.16. The first-order valence-corrected chi connectivity index (χ1v) is 6.11. The first-order chi connectivity index (χ1) is 8.16. The molecule has 0 aromatic rings. The molecule has 0 spiro atoms. The maximum absolute atomic E-state index is 12.1. The number of ether oxygens (including phenoxy) is 1. The van der Waals surface area contributed by atoms with Crippen molar-refractivity contribution in [2.24, 2.45) is 0 Å². The fourth-order valence-corrected chi connectivity index (χ4v) is 1.69. The molecule has 0 amide bonds. The highest BCUT2D eigenvalue weighted by Gasteiger charge is 2.33. The van der Waals surface area contributed by atoms with Gasteiger partial charge in [0.2, 0.25) is 0 Å². The number of carbonyl (C=O) groups is 1. The van der Waals surface area contributed by atoms with E-state index < -0.39 is 24.2 Å². The Hall–Kier alpha value is -1.00. The molecular formula is C13H21F3O2. The van der Waals surface area contributed by atoms with Gasteiger partial charge in [0, 0.05) is 12.0 Å². The molecule has 0 aliphatic carbocycles. The van der Waals surface area contributed by atoms with E-state index >= 15 is 0 Å². The third kappa shape index (κ3) is 6.07. The molecule has 0 saturated heterocycles. The molecule has 2 nitrogen and oxygen atoms in total. The molecule has 0 aromatic heterocycles. The molecule has 0 rings (SSSR count). The molecule has 0 atom stereocenters. The van der Waals surface area contributed by atoms with Crippen LogP contribution in [0, 0.1) is 0 Å². The van der Waals surface area contributed by atoms with Gasteiger partial charge in [0.15, 0.2) is 0 Å². The summed E-state index contributed by atoms with van der Waals surface area (Å²) in [6.45, 7) is 8.61. The fraction of sp³-hybridized carbons (Fsp3) is 0.769. The summed E-state index contributed by atoms with van der Waals surface area (Å²) in [5.74, 6) is -0.536. The maximum atomic E-state index is 12.1. The van der Waals surface area contributed by atoms with Gasteiger partial charge in [0.05, 0.1) is 0 Å².